The van der Waals surface area contributed by atoms with E-state index < -0.39 is 0 Å². The van der Waals surface area contributed by atoms with Crippen LogP contribution in [0.5, 0.6) is 0 Å². The van der Waals surface area contributed by atoms with Crippen LogP contribution in [0.4, 0.5) is 0 Å². The molecule has 4 rings (SSSR count). The number of rotatable bonds is 4. The van der Waals surface area contributed by atoms with Gasteiger partial charge in [-0.2, -0.15) is 0 Å². The molecule has 0 aromatic heterocycles. The maximum absolute atomic E-state index is 13.2. The Labute approximate surface area is 183 Å². The summed E-state index contributed by atoms with van der Waals surface area (Å²) in [5.74, 6) is 0.101. The molecule has 0 spiro atoms. The second-order valence-corrected chi connectivity index (χ2v) is 9.00. The number of hydrogen-bond acceptors (Lipinski definition) is 3. The molecule has 1 aliphatic carbocycles. The van der Waals surface area contributed by atoms with Crippen LogP contribution in [0, 0.1) is 0 Å². The lowest BCUT2D eigenvalue weighted by Crippen LogP contribution is -2.53. The lowest BCUT2D eigenvalue weighted by molar-refractivity contribution is -0.132. The number of fused-ring (bicyclic) bond motifs is 1. The standard InChI is InChI=1S/C23H27Cl2N3O/c1-26-9-11-28(12-10-26)21-15-17-5-3-4-6-18(17)23(21)27(2)22(29)14-16-7-8-19(24)20(25)13-16/h3-8,13,21,23H,9-12,14-15H2,1-2H3. The molecule has 0 bridgehead atoms. The Kier molecular flexibility index (Phi) is 6.16. The Bertz CT molecular complexity index is 895. The molecule has 2 aromatic carbocycles. The smallest absolute Gasteiger partial charge is 0.227 e. The summed E-state index contributed by atoms with van der Waals surface area (Å²) in [5.41, 5.74) is 3.52. The molecule has 2 unspecified atom stereocenters. The second-order valence-electron chi connectivity index (χ2n) is 8.18. The third-order valence-corrected chi connectivity index (χ3v) is 7.06. The van der Waals surface area contributed by atoms with Crippen molar-refractivity contribution in [2.24, 2.45) is 0 Å². The first-order valence-electron chi connectivity index (χ1n) is 10.1. The molecule has 2 atom stereocenters. The van der Waals surface area contributed by atoms with E-state index in [1.54, 1.807) is 12.1 Å². The number of hydrogen-bond donors (Lipinski definition) is 0. The zero-order chi connectivity index (χ0) is 20.5. The van der Waals surface area contributed by atoms with Gasteiger partial charge in [0.1, 0.15) is 0 Å². The van der Waals surface area contributed by atoms with Crippen LogP contribution < -0.4 is 0 Å². The average molecular weight is 432 g/mol. The molecule has 6 heteroatoms. The van der Waals surface area contributed by atoms with Crippen LogP contribution in [0.25, 0.3) is 0 Å². The van der Waals surface area contributed by atoms with Crippen molar-refractivity contribution >= 4 is 29.1 Å². The molecule has 0 radical (unpaired) electrons. The summed E-state index contributed by atoms with van der Waals surface area (Å²) in [6, 6.07) is 14.4. The van der Waals surface area contributed by atoms with Gasteiger partial charge in [0.05, 0.1) is 22.5 Å². The Hall–Kier alpha value is -1.59. The lowest BCUT2D eigenvalue weighted by Gasteiger charge is -2.41. The van der Waals surface area contributed by atoms with Crippen molar-refractivity contribution in [1.82, 2.24) is 14.7 Å². The van der Waals surface area contributed by atoms with Crippen LogP contribution in [0.3, 0.4) is 0 Å². The Morgan fingerprint density at radius 2 is 1.79 bits per heavy atom. The molecule has 1 heterocycles. The molecular weight excluding hydrogens is 405 g/mol. The predicted molar refractivity (Wildman–Crippen MR) is 119 cm³/mol. The second kappa shape index (κ2) is 8.65. The first-order valence-corrected chi connectivity index (χ1v) is 10.9. The minimum atomic E-state index is 0.0740. The van der Waals surface area contributed by atoms with Gasteiger partial charge >= 0.3 is 0 Å². The molecule has 1 fully saturated rings. The summed E-state index contributed by atoms with van der Waals surface area (Å²) in [5, 5.41) is 0.997. The SMILES string of the molecule is CN1CCN(C2Cc3ccccc3C2N(C)C(=O)Cc2ccc(Cl)c(Cl)c2)CC1. The van der Waals surface area contributed by atoms with E-state index in [0.29, 0.717) is 22.5 Å². The molecular formula is C23H27Cl2N3O. The maximum atomic E-state index is 13.2. The quantitative estimate of drug-likeness (QED) is 0.733. The molecule has 1 aliphatic heterocycles. The number of carbonyl (C=O) groups is 1. The molecule has 0 N–H and O–H groups in total. The van der Waals surface area contributed by atoms with Gasteiger partial charge < -0.3 is 9.80 Å². The van der Waals surface area contributed by atoms with Gasteiger partial charge in [0, 0.05) is 39.3 Å². The highest BCUT2D eigenvalue weighted by Gasteiger charge is 2.40. The fourth-order valence-corrected chi connectivity index (χ4v) is 4.93. The zero-order valence-electron chi connectivity index (χ0n) is 16.9. The highest BCUT2D eigenvalue weighted by atomic mass is 35.5. The molecule has 4 nitrogen and oxygen atoms in total. The average Bonchev–Trinajstić information content (AvgIpc) is 3.10. The molecule has 0 saturated carbocycles. The minimum absolute atomic E-state index is 0.0740. The van der Waals surface area contributed by atoms with Crippen LogP contribution in [0.15, 0.2) is 42.5 Å². The summed E-state index contributed by atoms with van der Waals surface area (Å²) in [7, 11) is 4.11. The van der Waals surface area contributed by atoms with Gasteiger partial charge in [-0.25, -0.2) is 0 Å². The maximum Gasteiger partial charge on any atom is 0.227 e. The molecule has 1 saturated heterocycles. The third kappa shape index (κ3) is 4.31. The van der Waals surface area contributed by atoms with E-state index in [4.69, 9.17) is 23.2 Å². The molecule has 1 amide bonds. The van der Waals surface area contributed by atoms with Gasteiger partial charge in [-0.3, -0.25) is 9.69 Å². The van der Waals surface area contributed by atoms with Gasteiger partial charge in [0.2, 0.25) is 5.91 Å². The number of nitrogens with zero attached hydrogens (tertiary/aromatic N) is 3. The number of carbonyl (C=O) groups excluding carboxylic acids is 1. The summed E-state index contributed by atoms with van der Waals surface area (Å²) < 4.78 is 0. The van der Waals surface area contributed by atoms with E-state index >= 15 is 0 Å². The fourth-order valence-electron chi connectivity index (χ4n) is 4.61. The van der Waals surface area contributed by atoms with Crippen LogP contribution in [-0.2, 0) is 17.6 Å². The lowest BCUT2D eigenvalue weighted by atomic mass is 10.0. The Morgan fingerprint density at radius 1 is 1.07 bits per heavy atom. The van der Waals surface area contributed by atoms with E-state index in [1.165, 1.54) is 11.1 Å². The number of benzene rings is 2. The topological polar surface area (TPSA) is 26.8 Å². The summed E-state index contributed by atoms with van der Waals surface area (Å²) in [6.45, 7) is 4.22. The monoisotopic (exact) mass is 431 g/mol. The van der Waals surface area contributed by atoms with E-state index in [2.05, 4.69) is 41.1 Å². The summed E-state index contributed by atoms with van der Waals surface area (Å²) >= 11 is 12.2. The first kappa shape index (κ1) is 20.7. The largest absolute Gasteiger partial charge is 0.337 e. The Balaban J connectivity index is 1.56. The van der Waals surface area contributed by atoms with Gasteiger partial charge in [0.25, 0.3) is 0 Å². The van der Waals surface area contributed by atoms with Crippen molar-refractivity contribution in [3.05, 3.63) is 69.2 Å². The van der Waals surface area contributed by atoms with Crippen LogP contribution in [-0.4, -0.2) is 66.9 Å². The van der Waals surface area contributed by atoms with Crippen LogP contribution >= 0.6 is 23.2 Å². The highest BCUT2D eigenvalue weighted by molar-refractivity contribution is 6.42. The van der Waals surface area contributed by atoms with Crippen LogP contribution in [0.2, 0.25) is 10.0 Å². The summed E-state index contributed by atoms with van der Waals surface area (Å²) in [4.78, 5) is 20.1. The fraction of sp³-hybridized carbons (Fsp3) is 0.435. The number of halogens is 2. The van der Waals surface area contributed by atoms with Crippen molar-refractivity contribution < 1.29 is 4.79 Å². The van der Waals surface area contributed by atoms with Gasteiger partial charge in [0.15, 0.2) is 0 Å². The number of piperazine rings is 1. The zero-order valence-corrected chi connectivity index (χ0v) is 18.5. The van der Waals surface area contributed by atoms with E-state index in [1.807, 2.05) is 18.0 Å². The molecule has 29 heavy (non-hydrogen) atoms. The Morgan fingerprint density at radius 3 is 2.52 bits per heavy atom. The first-order chi connectivity index (χ1) is 13.9. The number of likely N-dealkylation sites (N-methyl/N-ethyl adjacent to an activating group) is 2. The third-order valence-electron chi connectivity index (χ3n) is 6.32. The minimum Gasteiger partial charge on any atom is -0.337 e. The van der Waals surface area contributed by atoms with E-state index in [0.717, 1.165) is 38.2 Å². The molecule has 154 valence electrons. The number of amides is 1. The highest BCUT2D eigenvalue weighted by Crippen LogP contribution is 2.38. The summed E-state index contributed by atoms with van der Waals surface area (Å²) in [6.07, 6.45) is 1.32. The normalized spacial score (nSPS) is 22.5. The van der Waals surface area contributed by atoms with Crippen molar-refractivity contribution in [3.63, 3.8) is 0 Å². The predicted octanol–water partition coefficient (Wildman–Crippen LogP) is 3.91. The van der Waals surface area contributed by atoms with Crippen LogP contribution in [0.1, 0.15) is 22.7 Å². The molecule has 2 aromatic rings. The van der Waals surface area contributed by atoms with Gasteiger partial charge in [-0.1, -0.05) is 53.5 Å². The van der Waals surface area contributed by atoms with Crippen molar-refractivity contribution in [2.75, 3.05) is 40.3 Å². The molecule has 2 aliphatic rings. The van der Waals surface area contributed by atoms with Gasteiger partial charge in [-0.05, 0) is 42.3 Å². The van der Waals surface area contributed by atoms with Gasteiger partial charge in [-0.15, -0.1) is 0 Å². The van der Waals surface area contributed by atoms with E-state index in [-0.39, 0.29) is 11.9 Å². The van der Waals surface area contributed by atoms with Crippen molar-refractivity contribution in [1.29, 1.82) is 0 Å². The van der Waals surface area contributed by atoms with E-state index in [9.17, 15) is 4.79 Å². The van der Waals surface area contributed by atoms with Crippen molar-refractivity contribution in [2.45, 2.75) is 24.9 Å². The van der Waals surface area contributed by atoms with Crippen molar-refractivity contribution in [3.8, 4) is 0 Å².